The molecular weight excluding hydrogens is 415 g/mol. The van der Waals surface area contributed by atoms with Crippen LogP contribution >= 0.6 is 43.5 Å². The molecule has 5 heteroatoms. The molecule has 0 radical (unpaired) electrons. The number of aryl methyl sites for hydroxylation is 2. The van der Waals surface area contributed by atoms with Crippen LogP contribution in [0.5, 0.6) is 0 Å². The maximum atomic E-state index is 6.26. The van der Waals surface area contributed by atoms with Crippen LogP contribution in [-0.2, 0) is 6.42 Å². The second-order valence-corrected chi connectivity index (χ2v) is 7.56. The SMILES string of the molecule is Cc1cc(-c2nc(Cl)c(Br)c(CC(C)C)n2)cc(C)c1Br. The number of aromatic nitrogens is 2. The Kier molecular flexibility index (Phi) is 5.44. The van der Waals surface area contributed by atoms with Gasteiger partial charge in [0.25, 0.3) is 0 Å². The van der Waals surface area contributed by atoms with E-state index in [9.17, 15) is 0 Å². The lowest BCUT2D eigenvalue weighted by Gasteiger charge is -2.12. The van der Waals surface area contributed by atoms with E-state index in [1.807, 2.05) is 0 Å². The van der Waals surface area contributed by atoms with Gasteiger partial charge in [-0.05, 0) is 65.4 Å². The Bertz CT molecular complexity index is 661. The van der Waals surface area contributed by atoms with Crippen LogP contribution in [0.4, 0.5) is 0 Å². The third-order valence-electron chi connectivity index (χ3n) is 3.18. The fourth-order valence-corrected chi connectivity index (χ4v) is 2.95. The van der Waals surface area contributed by atoms with E-state index in [2.05, 4.69) is 76.7 Å². The van der Waals surface area contributed by atoms with Crippen LogP contribution in [0.1, 0.15) is 30.7 Å². The number of halogens is 3. The quantitative estimate of drug-likeness (QED) is 0.545. The molecule has 0 N–H and O–H groups in total. The summed E-state index contributed by atoms with van der Waals surface area (Å²) in [5.74, 6) is 1.19. The molecule has 0 fully saturated rings. The number of nitrogens with zero attached hydrogens (tertiary/aromatic N) is 2. The molecule has 2 nitrogen and oxygen atoms in total. The van der Waals surface area contributed by atoms with Crippen molar-refractivity contribution in [3.63, 3.8) is 0 Å². The molecule has 0 bridgehead atoms. The zero-order valence-electron chi connectivity index (χ0n) is 12.5. The van der Waals surface area contributed by atoms with Gasteiger partial charge in [0.05, 0.1) is 10.2 Å². The lowest BCUT2D eigenvalue weighted by molar-refractivity contribution is 0.632. The van der Waals surface area contributed by atoms with Gasteiger partial charge < -0.3 is 0 Å². The number of benzene rings is 1. The molecule has 0 unspecified atom stereocenters. The van der Waals surface area contributed by atoms with Crippen LogP contribution in [0, 0.1) is 19.8 Å². The molecule has 2 aromatic rings. The van der Waals surface area contributed by atoms with Crippen molar-refractivity contribution < 1.29 is 0 Å². The average Bonchev–Trinajstić information content (AvgIpc) is 2.39. The minimum atomic E-state index is 0.467. The third kappa shape index (κ3) is 3.85. The van der Waals surface area contributed by atoms with Crippen molar-refractivity contribution in [2.75, 3.05) is 0 Å². The fraction of sp³-hybridized carbons (Fsp3) is 0.375. The van der Waals surface area contributed by atoms with Gasteiger partial charge in [-0.1, -0.05) is 41.4 Å². The fourth-order valence-electron chi connectivity index (χ4n) is 2.19. The van der Waals surface area contributed by atoms with Crippen LogP contribution in [-0.4, -0.2) is 9.97 Å². The highest BCUT2D eigenvalue weighted by Crippen LogP contribution is 2.31. The molecule has 1 heterocycles. The first-order valence-electron chi connectivity index (χ1n) is 6.78. The van der Waals surface area contributed by atoms with Crippen molar-refractivity contribution in [1.29, 1.82) is 0 Å². The molecule has 1 aromatic carbocycles. The van der Waals surface area contributed by atoms with Gasteiger partial charge in [-0.2, -0.15) is 0 Å². The lowest BCUT2D eigenvalue weighted by Crippen LogP contribution is -2.03. The Morgan fingerprint density at radius 1 is 1.05 bits per heavy atom. The molecule has 0 saturated carbocycles. The summed E-state index contributed by atoms with van der Waals surface area (Å²) >= 11 is 13.3. The van der Waals surface area contributed by atoms with Gasteiger partial charge in [0.2, 0.25) is 0 Å². The third-order valence-corrected chi connectivity index (χ3v) is 5.76. The van der Waals surface area contributed by atoms with Gasteiger partial charge in [-0.15, -0.1) is 0 Å². The molecule has 0 aliphatic carbocycles. The first kappa shape index (κ1) is 16.9. The summed E-state index contributed by atoms with van der Waals surface area (Å²) in [5, 5.41) is 0.467. The maximum Gasteiger partial charge on any atom is 0.161 e. The molecule has 2 rings (SSSR count). The molecule has 1 aromatic heterocycles. The molecule has 112 valence electrons. The largest absolute Gasteiger partial charge is 0.232 e. The van der Waals surface area contributed by atoms with Crippen molar-refractivity contribution in [3.05, 3.63) is 43.1 Å². The molecule has 0 aliphatic rings. The van der Waals surface area contributed by atoms with Crippen LogP contribution < -0.4 is 0 Å². The lowest BCUT2D eigenvalue weighted by atomic mass is 10.1. The van der Waals surface area contributed by atoms with Crippen LogP contribution in [0.3, 0.4) is 0 Å². The van der Waals surface area contributed by atoms with Gasteiger partial charge in [0, 0.05) is 10.0 Å². The zero-order valence-corrected chi connectivity index (χ0v) is 16.4. The van der Waals surface area contributed by atoms with Crippen molar-refractivity contribution in [3.8, 4) is 11.4 Å². The predicted octanol–water partition coefficient (Wildman–Crippen LogP) is 6.14. The van der Waals surface area contributed by atoms with Crippen molar-refractivity contribution in [2.24, 2.45) is 5.92 Å². The van der Waals surface area contributed by atoms with E-state index in [4.69, 9.17) is 16.6 Å². The molecule has 21 heavy (non-hydrogen) atoms. The number of hydrogen-bond donors (Lipinski definition) is 0. The van der Waals surface area contributed by atoms with Crippen molar-refractivity contribution >= 4 is 43.5 Å². The average molecular weight is 433 g/mol. The topological polar surface area (TPSA) is 25.8 Å². The van der Waals surface area contributed by atoms with Crippen molar-refractivity contribution in [2.45, 2.75) is 34.1 Å². The molecule has 0 amide bonds. The van der Waals surface area contributed by atoms with Gasteiger partial charge in [-0.25, -0.2) is 9.97 Å². The highest BCUT2D eigenvalue weighted by Gasteiger charge is 2.14. The van der Waals surface area contributed by atoms with Gasteiger partial charge >= 0.3 is 0 Å². The van der Waals surface area contributed by atoms with Crippen molar-refractivity contribution in [1.82, 2.24) is 9.97 Å². The van der Waals surface area contributed by atoms with Crippen LogP contribution in [0.15, 0.2) is 21.1 Å². The second kappa shape index (κ2) is 6.76. The Morgan fingerprint density at radius 3 is 2.14 bits per heavy atom. The standard InChI is InChI=1S/C16H17Br2ClN2/c1-8(2)5-12-14(18)15(19)21-16(20-12)11-6-9(3)13(17)10(4)7-11/h6-8H,5H2,1-4H3. The minimum Gasteiger partial charge on any atom is -0.232 e. The molecular formula is C16H17Br2ClN2. The summed E-state index contributed by atoms with van der Waals surface area (Å²) in [6, 6.07) is 4.16. The highest BCUT2D eigenvalue weighted by atomic mass is 79.9. The molecule has 0 atom stereocenters. The van der Waals surface area contributed by atoms with E-state index < -0.39 is 0 Å². The summed E-state index contributed by atoms with van der Waals surface area (Å²) in [6.07, 6.45) is 0.865. The first-order chi connectivity index (χ1) is 9.79. The summed E-state index contributed by atoms with van der Waals surface area (Å²) < 4.78 is 1.92. The second-order valence-electron chi connectivity index (χ2n) is 5.62. The summed E-state index contributed by atoms with van der Waals surface area (Å²) in [6.45, 7) is 8.46. The number of hydrogen-bond acceptors (Lipinski definition) is 2. The summed E-state index contributed by atoms with van der Waals surface area (Å²) in [4.78, 5) is 9.11. The normalized spacial score (nSPS) is 11.2. The Balaban J connectivity index is 2.57. The molecule has 0 spiro atoms. The van der Waals surface area contributed by atoms with E-state index in [1.54, 1.807) is 0 Å². The Hall–Kier alpha value is -0.450. The van der Waals surface area contributed by atoms with Crippen LogP contribution in [0.25, 0.3) is 11.4 Å². The zero-order chi connectivity index (χ0) is 15.7. The minimum absolute atomic E-state index is 0.467. The molecule has 0 saturated heterocycles. The first-order valence-corrected chi connectivity index (χ1v) is 8.75. The molecule has 0 aliphatic heterocycles. The van der Waals surface area contributed by atoms with Gasteiger partial charge in [0.1, 0.15) is 5.15 Å². The van der Waals surface area contributed by atoms with Crippen LogP contribution in [0.2, 0.25) is 5.15 Å². The maximum absolute atomic E-state index is 6.26. The summed E-state index contributed by atoms with van der Waals surface area (Å²) in [5.41, 5.74) is 4.28. The number of rotatable bonds is 3. The monoisotopic (exact) mass is 430 g/mol. The smallest absolute Gasteiger partial charge is 0.161 e. The highest BCUT2D eigenvalue weighted by molar-refractivity contribution is 9.11. The Morgan fingerprint density at radius 2 is 1.62 bits per heavy atom. The van der Waals surface area contributed by atoms with E-state index in [0.29, 0.717) is 16.9 Å². The van der Waals surface area contributed by atoms with E-state index in [0.717, 1.165) is 37.8 Å². The Labute approximate surface area is 147 Å². The van der Waals surface area contributed by atoms with E-state index >= 15 is 0 Å². The van der Waals surface area contributed by atoms with E-state index in [1.165, 1.54) is 0 Å². The van der Waals surface area contributed by atoms with Gasteiger partial charge in [0.15, 0.2) is 5.82 Å². The summed E-state index contributed by atoms with van der Waals surface area (Å²) in [7, 11) is 0. The van der Waals surface area contributed by atoms with Gasteiger partial charge in [-0.3, -0.25) is 0 Å². The predicted molar refractivity (Wildman–Crippen MR) is 95.9 cm³/mol. The van der Waals surface area contributed by atoms with E-state index in [-0.39, 0.29) is 0 Å².